The minimum absolute atomic E-state index is 1.13. The lowest BCUT2D eigenvalue weighted by Gasteiger charge is -2.16. The predicted molar refractivity (Wildman–Crippen MR) is 230 cm³/mol. The standard InChI is InChI=1S/C52H40N2/c1-2-3-14-36-23-25-37(26-24-36)41-27-30-43(38-15-6-4-7-16-38)52(35-41)54-49-22-13-11-20-45(49)47-34-40(29-32-51(47)54)39-28-31-50-46(33-39)44-19-10-12-21-48(44)53(50)42-17-8-5-9-18-42/h4-13,15-35H,2-3,14H2,1H3. The average molecular weight is 693 g/mol. The van der Waals surface area contributed by atoms with E-state index in [0.29, 0.717) is 0 Å². The Labute approximate surface area is 316 Å². The molecular weight excluding hydrogens is 653 g/mol. The van der Waals surface area contributed by atoms with Gasteiger partial charge in [-0.1, -0.05) is 147 Å². The van der Waals surface area contributed by atoms with Crippen molar-refractivity contribution in [3.63, 3.8) is 0 Å². The number of aryl methyl sites for hydroxylation is 1. The van der Waals surface area contributed by atoms with Crippen LogP contribution in [0.15, 0.2) is 188 Å². The number of para-hydroxylation sites is 3. The Bertz CT molecular complexity index is 2950. The van der Waals surface area contributed by atoms with Gasteiger partial charge in [-0.25, -0.2) is 0 Å². The SMILES string of the molecule is CCCCc1ccc(-c2ccc(-c3ccccc3)c(-n3c4ccccc4c4cc(-c5ccc6c(c5)c5ccccc5n6-c5ccccc5)ccc43)c2)cc1. The second-order valence-electron chi connectivity index (χ2n) is 14.4. The van der Waals surface area contributed by atoms with Crippen LogP contribution < -0.4 is 0 Å². The van der Waals surface area contributed by atoms with Crippen LogP contribution in [-0.4, -0.2) is 9.13 Å². The molecule has 10 aromatic rings. The van der Waals surface area contributed by atoms with Gasteiger partial charge < -0.3 is 9.13 Å². The van der Waals surface area contributed by atoms with Crippen LogP contribution in [0.4, 0.5) is 0 Å². The average Bonchev–Trinajstić information content (AvgIpc) is 3.75. The quantitative estimate of drug-likeness (QED) is 0.150. The topological polar surface area (TPSA) is 9.86 Å². The van der Waals surface area contributed by atoms with E-state index in [0.717, 1.165) is 6.42 Å². The fourth-order valence-electron chi connectivity index (χ4n) is 8.42. The van der Waals surface area contributed by atoms with Gasteiger partial charge in [0.25, 0.3) is 0 Å². The number of hydrogen-bond acceptors (Lipinski definition) is 0. The zero-order valence-corrected chi connectivity index (χ0v) is 30.4. The van der Waals surface area contributed by atoms with Gasteiger partial charge in [-0.3, -0.25) is 0 Å². The third kappa shape index (κ3) is 5.42. The largest absolute Gasteiger partial charge is 0.309 e. The maximum atomic E-state index is 2.48. The van der Waals surface area contributed by atoms with Crippen molar-refractivity contribution in [2.75, 3.05) is 0 Å². The summed E-state index contributed by atoms with van der Waals surface area (Å²) in [6.07, 6.45) is 3.56. The summed E-state index contributed by atoms with van der Waals surface area (Å²) >= 11 is 0. The molecule has 0 bridgehead atoms. The summed E-state index contributed by atoms with van der Waals surface area (Å²) in [5, 5.41) is 5.03. The molecule has 0 saturated carbocycles. The number of rotatable bonds is 8. The molecule has 258 valence electrons. The van der Waals surface area contributed by atoms with Crippen LogP contribution in [0.1, 0.15) is 25.3 Å². The van der Waals surface area contributed by atoms with E-state index in [-0.39, 0.29) is 0 Å². The Balaban J connectivity index is 1.15. The van der Waals surface area contributed by atoms with Gasteiger partial charge in [-0.2, -0.15) is 0 Å². The highest BCUT2D eigenvalue weighted by Crippen LogP contribution is 2.41. The fraction of sp³-hybridized carbons (Fsp3) is 0.0769. The molecule has 0 fully saturated rings. The molecule has 0 aliphatic rings. The van der Waals surface area contributed by atoms with Gasteiger partial charge in [0, 0.05) is 32.8 Å². The van der Waals surface area contributed by atoms with Crippen LogP contribution in [0.5, 0.6) is 0 Å². The van der Waals surface area contributed by atoms with Crippen molar-refractivity contribution in [1.82, 2.24) is 9.13 Å². The molecule has 54 heavy (non-hydrogen) atoms. The van der Waals surface area contributed by atoms with Crippen LogP contribution >= 0.6 is 0 Å². The second-order valence-corrected chi connectivity index (χ2v) is 14.4. The van der Waals surface area contributed by atoms with Gasteiger partial charge in [0.1, 0.15) is 0 Å². The number of hydrogen-bond donors (Lipinski definition) is 0. The first-order valence-corrected chi connectivity index (χ1v) is 19.2. The predicted octanol–water partition coefficient (Wildman–Crippen LogP) is 14.2. The lowest BCUT2D eigenvalue weighted by atomic mass is 9.96. The monoisotopic (exact) mass is 692 g/mol. The van der Waals surface area contributed by atoms with Crippen molar-refractivity contribution in [3.05, 3.63) is 194 Å². The first-order valence-electron chi connectivity index (χ1n) is 19.2. The molecule has 0 spiro atoms. The van der Waals surface area contributed by atoms with Gasteiger partial charge in [0.15, 0.2) is 0 Å². The molecule has 2 aromatic heterocycles. The highest BCUT2D eigenvalue weighted by Gasteiger charge is 2.18. The lowest BCUT2D eigenvalue weighted by molar-refractivity contribution is 0.795. The third-order valence-corrected chi connectivity index (χ3v) is 11.1. The smallest absolute Gasteiger partial charge is 0.0546 e. The summed E-state index contributed by atoms with van der Waals surface area (Å²) in [7, 11) is 0. The molecule has 2 heteroatoms. The van der Waals surface area contributed by atoms with Crippen LogP contribution in [-0.2, 0) is 6.42 Å². The Hall–Kier alpha value is -6.64. The summed E-state index contributed by atoms with van der Waals surface area (Å²) in [6, 6.07) is 69.2. The Morgan fingerprint density at radius 2 is 0.870 bits per heavy atom. The molecule has 0 saturated heterocycles. The van der Waals surface area contributed by atoms with E-state index in [1.54, 1.807) is 0 Å². The van der Waals surface area contributed by atoms with Gasteiger partial charge in [-0.05, 0) is 101 Å². The van der Waals surface area contributed by atoms with Crippen LogP contribution in [0, 0.1) is 0 Å². The number of nitrogens with zero attached hydrogens (tertiary/aromatic N) is 2. The molecule has 8 aromatic carbocycles. The van der Waals surface area contributed by atoms with E-state index in [4.69, 9.17) is 0 Å². The summed E-state index contributed by atoms with van der Waals surface area (Å²) in [6.45, 7) is 2.26. The minimum Gasteiger partial charge on any atom is -0.309 e. The molecule has 2 heterocycles. The van der Waals surface area contributed by atoms with Crippen molar-refractivity contribution in [2.45, 2.75) is 26.2 Å². The molecule has 0 atom stereocenters. The van der Waals surface area contributed by atoms with E-state index in [1.165, 1.54) is 107 Å². The van der Waals surface area contributed by atoms with Gasteiger partial charge >= 0.3 is 0 Å². The van der Waals surface area contributed by atoms with Gasteiger partial charge in [-0.15, -0.1) is 0 Å². The Morgan fingerprint density at radius 1 is 0.370 bits per heavy atom. The van der Waals surface area contributed by atoms with E-state index in [2.05, 4.69) is 204 Å². The van der Waals surface area contributed by atoms with E-state index in [1.807, 2.05) is 0 Å². The Morgan fingerprint density at radius 3 is 1.52 bits per heavy atom. The number of unbranched alkanes of at least 4 members (excludes halogenated alkanes) is 1. The molecule has 0 N–H and O–H groups in total. The van der Waals surface area contributed by atoms with Crippen molar-refractivity contribution in [1.29, 1.82) is 0 Å². The highest BCUT2D eigenvalue weighted by atomic mass is 15.0. The fourth-order valence-corrected chi connectivity index (χ4v) is 8.42. The van der Waals surface area contributed by atoms with E-state index >= 15 is 0 Å². The summed E-state index contributed by atoms with van der Waals surface area (Å²) < 4.78 is 4.86. The number of benzene rings is 8. The summed E-state index contributed by atoms with van der Waals surface area (Å²) in [4.78, 5) is 0. The van der Waals surface area contributed by atoms with Gasteiger partial charge in [0.2, 0.25) is 0 Å². The highest BCUT2D eigenvalue weighted by molar-refractivity contribution is 6.13. The Kier molecular flexibility index (Phi) is 7.95. The molecule has 0 unspecified atom stereocenters. The maximum absolute atomic E-state index is 2.48. The molecule has 2 nitrogen and oxygen atoms in total. The molecule has 0 aliphatic heterocycles. The number of aromatic nitrogens is 2. The zero-order chi connectivity index (χ0) is 36.0. The molecule has 0 radical (unpaired) electrons. The van der Waals surface area contributed by atoms with Crippen LogP contribution in [0.3, 0.4) is 0 Å². The maximum Gasteiger partial charge on any atom is 0.0546 e. The van der Waals surface area contributed by atoms with E-state index in [9.17, 15) is 0 Å². The summed E-state index contributed by atoms with van der Waals surface area (Å²) in [5.41, 5.74) is 15.9. The van der Waals surface area contributed by atoms with Crippen molar-refractivity contribution in [3.8, 4) is 44.8 Å². The van der Waals surface area contributed by atoms with Crippen LogP contribution in [0.2, 0.25) is 0 Å². The molecule has 0 amide bonds. The van der Waals surface area contributed by atoms with Crippen molar-refractivity contribution >= 4 is 43.6 Å². The molecular formula is C52H40N2. The summed E-state index contributed by atoms with van der Waals surface area (Å²) in [5.74, 6) is 0. The van der Waals surface area contributed by atoms with Crippen LogP contribution in [0.25, 0.3) is 88.4 Å². The first kappa shape index (κ1) is 32.0. The third-order valence-electron chi connectivity index (χ3n) is 11.1. The molecule has 0 aliphatic carbocycles. The van der Waals surface area contributed by atoms with E-state index < -0.39 is 0 Å². The van der Waals surface area contributed by atoms with Crippen molar-refractivity contribution in [2.24, 2.45) is 0 Å². The van der Waals surface area contributed by atoms with Gasteiger partial charge in [0.05, 0.1) is 27.8 Å². The normalized spacial score (nSPS) is 11.6. The second kappa shape index (κ2) is 13.4. The lowest BCUT2D eigenvalue weighted by Crippen LogP contribution is -1.98. The minimum atomic E-state index is 1.13. The number of fused-ring (bicyclic) bond motifs is 6. The zero-order valence-electron chi connectivity index (χ0n) is 30.4. The molecule has 10 rings (SSSR count). The van der Waals surface area contributed by atoms with Crippen molar-refractivity contribution < 1.29 is 0 Å². The first-order chi connectivity index (χ1) is 26.7.